The molecule has 2 N–H and O–H groups in total. The van der Waals surface area contributed by atoms with Crippen LogP contribution in [0.3, 0.4) is 0 Å². The standard InChI is InChI=1S/C26H30N6O3/c1-16-7-6-12-27-23(16)28-18-8-5-9-19-22(18)24-29-21(33)15-20(32(24)30-19)17-10-13-31(14-11-17)25(34)35-26(2,3)4/h5-9,12,15,17H,10-11,13-14H2,1-4H3,(H,27,28)(H,29,33). The molecule has 35 heavy (non-hydrogen) atoms. The Bertz CT molecular complexity index is 1460. The third-order valence-electron chi connectivity index (χ3n) is 6.29. The number of hydrogen-bond acceptors (Lipinski definition) is 6. The van der Waals surface area contributed by atoms with Gasteiger partial charge in [-0.25, -0.2) is 14.3 Å². The number of amides is 1. The fraction of sp³-hybridized carbons (Fsp3) is 0.385. The zero-order valence-corrected chi connectivity index (χ0v) is 20.5. The van der Waals surface area contributed by atoms with Gasteiger partial charge >= 0.3 is 6.09 Å². The Morgan fingerprint density at radius 2 is 1.94 bits per heavy atom. The molecule has 0 aliphatic carbocycles. The monoisotopic (exact) mass is 474 g/mol. The van der Waals surface area contributed by atoms with Gasteiger partial charge < -0.3 is 19.9 Å². The largest absolute Gasteiger partial charge is 0.444 e. The number of ether oxygens (including phenoxy) is 1. The van der Waals surface area contributed by atoms with Crippen molar-refractivity contribution in [2.24, 2.45) is 0 Å². The van der Waals surface area contributed by atoms with E-state index in [4.69, 9.17) is 9.84 Å². The molecule has 1 fully saturated rings. The highest BCUT2D eigenvalue weighted by Gasteiger charge is 2.29. The molecule has 0 radical (unpaired) electrons. The number of nitrogens with zero attached hydrogens (tertiary/aromatic N) is 4. The fourth-order valence-corrected chi connectivity index (χ4v) is 4.61. The molecule has 1 aliphatic rings. The molecule has 0 saturated carbocycles. The van der Waals surface area contributed by atoms with Gasteiger partial charge in [-0.2, -0.15) is 5.10 Å². The summed E-state index contributed by atoms with van der Waals surface area (Å²) in [6.45, 7) is 8.73. The lowest BCUT2D eigenvalue weighted by Crippen LogP contribution is -2.41. The molecule has 9 heteroatoms. The molecule has 3 aromatic heterocycles. The van der Waals surface area contributed by atoms with E-state index in [1.54, 1.807) is 17.2 Å². The molecule has 1 amide bonds. The first-order chi connectivity index (χ1) is 16.7. The minimum Gasteiger partial charge on any atom is -0.444 e. The summed E-state index contributed by atoms with van der Waals surface area (Å²) in [7, 11) is 0. The van der Waals surface area contributed by atoms with Crippen molar-refractivity contribution in [1.29, 1.82) is 0 Å². The van der Waals surface area contributed by atoms with Crippen LogP contribution in [0.2, 0.25) is 0 Å². The Morgan fingerprint density at radius 3 is 2.66 bits per heavy atom. The molecule has 0 atom stereocenters. The third-order valence-corrected chi connectivity index (χ3v) is 6.29. The van der Waals surface area contributed by atoms with Gasteiger partial charge in [-0.3, -0.25) is 4.79 Å². The van der Waals surface area contributed by atoms with E-state index in [0.717, 1.165) is 46.5 Å². The first kappa shape index (κ1) is 22.9. The number of aromatic amines is 1. The second-order valence-electron chi connectivity index (χ2n) is 10.1. The summed E-state index contributed by atoms with van der Waals surface area (Å²) in [5, 5.41) is 9.08. The molecule has 9 nitrogen and oxygen atoms in total. The topological polar surface area (TPSA) is 105 Å². The molecular weight excluding hydrogens is 444 g/mol. The molecular formula is C26H30N6O3. The van der Waals surface area contributed by atoms with Crippen molar-refractivity contribution in [3.63, 3.8) is 0 Å². The van der Waals surface area contributed by atoms with E-state index in [1.807, 2.05) is 62.5 Å². The van der Waals surface area contributed by atoms with Gasteiger partial charge in [0.15, 0.2) is 0 Å². The summed E-state index contributed by atoms with van der Waals surface area (Å²) in [4.78, 5) is 34.4. The zero-order chi connectivity index (χ0) is 24.7. The number of pyridine rings is 1. The van der Waals surface area contributed by atoms with Crippen LogP contribution < -0.4 is 10.9 Å². The van der Waals surface area contributed by atoms with Crippen molar-refractivity contribution in [3.8, 4) is 0 Å². The molecule has 0 unspecified atom stereocenters. The summed E-state index contributed by atoms with van der Waals surface area (Å²) in [5.74, 6) is 0.856. The molecule has 0 spiro atoms. The van der Waals surface area contributed by atoms with E-state index in [0.29, 0.717) is 18.7 Å². The minimum absolute atomic E-state index is 0.0993. The lowest BCUT2D eigenvalue weighted by Gasteiger charge is -2.33. The second-order valence-corrected chi connectivity index (χ2v) is 10.1. The first-order valence-corrected chi connectivity index (χ1v) is 11.9. The highest BCUT2D eigenvalue weighted by Crippen LogP contribution is 2.33. The number of fused-ring (bicyclic) bond motifs is 3. The number of carbonyl (C=O) groups is 1. The van der Waals surface area contributed by atoms with Crippen molar-refractivity contribution in [3.05, 3.63) is 64.2 Å². The number of rotatable bonds is 3. The number of anilines is 2. The highest BCUT2D eigenvalue weighted by molar-refractivity contribution is 6.03. The van der Waals surface area contributed by atoms with Crippen molar-refractivity contribution >= 4 is 34.1 Å². The Labute approximate surface area is 203 Å². The van der Waals surface area contributed by atoms with Crippen LogP contribution in [-0.4, -0.2) is 49.3 Å². The maximum atomic E-state index is 12.7. The van der Waals surface area contributed by atoms with Crippen LogP contribution in [0.4, 0.5) is 16.3 Å². The quantitative estimate of drug-likeness (QED) is 0.445. The summed E-state index contributed by atoms with van der Waals surface area (Å²) < 4.78 is 7.36. The van der Waals surface area contributed by atoms with Gasteiger partial charge in [-0.1, -0.05) is 12.1 Å². The molecule has 5 rings (SSSR count). The lowest BCUT2D eigenvalue weighted by atomic mass is 9.93. The fourth-order valence-electron chi connectivity index (χ4n) is 4.61. The number of carbonyl (C=O) groups excluding carboxylic acids is 1. The molecule has 4 heterocycles. The molecule has 1 saturated heterocycles. The van der Waals surface area contributed by atoms with Crippen LogP contribution in [-0.2, 0) is 4.74 Å². The van der Waals surface area contributed by atoms with Crippen molar-refractivity contribution < 1.29 is 9.53 Å². The SMILES string of the molecule is Cc1cccnc1Nc1cccc2nn3c(C4CCN(C(=O)OC(C)(C)C)CC4)cc(=O)[nH]c3c12. The van der Waals surface area contributed by atoms with E-state index < -0.39 is 5.60 Å². The molecule has 1 aliphatic heterocycles. The molecule has 4 aromatic rings. The van der Waals surface area contributed by atoms with E-state index in [9.17, 15) is 9.59 Å². The van der Waals surface area contributed by atoms with Gasteiger partial charge in [0.25, 0.3) is 5.56 Å². The van der Waals surface area contributed by atoms with Crippen molar-refractivity contribution in [1.82, 2.24) is 24.5 Å². The third kappa shape index (κ3) is 4.58. The maximum Gasteiger partial charge on any atom is 0.410 e. The zero-order valence-electron chi connectivity index (χ0n) is 20.5. The average Bonchev–Trinajstić information content (AvgIpc) is 3.18. The number of piperidine rings is 1. The van der Waals surface area contributed by atoms with E-state index in [-0.39, 0.29) is 17.6 Å². The van der Waals surface area contributed by atoms with Crippen LogP contribution in [0, 0.1) is 6.92 Å². The van der Waals surface area contributed by atoms with Gasteiger partial charge in [-0.15, -0.1) is 0 Å². The maximum absolute atomic E-state index is 12.7. The van der Waals surface area contributed by atoms with Crippen LogP contribution in [0.15, 0.2) is 47.4 Å². The van der Waals surface area contributed by atoms with Gasteiger partial charge in [0, 0.05) is 31.3 Å². The van der Waals surface area contributed by atoms with Crippen molar-refractivity contribution in [2.75, 3.05) is 18.4 Å². The Hall–Kier alpha value is -3.88. The number of benzene rings is 1. The normalized spacial score (nSPS) is 15.0. The molecule has 182 valence electrons. The van der Waals surface area contributed by atoms with Crippen LogP contribution in [0.5, 0.6) is 0 Å². The lowest BCUT2D eigenvalue weighted by molar-refractivity contribution is 0.0203. The number of aryl methyl sites for hydroxylation is 1. The number of hydrogen-bond donors (Lipinski definition) is 2. The highest BCUT2D eigenvalue weighted by atomic mass is 16.6. The van der Waals surface area contributed by atoms with E-state index >= 15 is 0 Å². The van der Waals surface area contributed by atoms with Gasteiger partial charge in [-0.05, 0) is 64.3 Å². The first-order valence-electron chi connectivity index (χ1n) is 11.9. The van der Waals surface area contributed by atoms with Gasteiger partial charge in [0.2, 0.25) is 0 Å². The number of likely N-dealkylation sites (tertiary alicyclic amines) is 1. The summed E-state index contributed by atoms with van der Waals surface area (Å²) in [6.07, 6.45) is 2.91. The van der Waals surface area contributed by atoms with Crippen LogP contribution >= 0.6 is 0 Å². The Kier molecular flexibility index (Phi) is 5.70. The second kappa shape index (κ2) is 8.72. The predicted molar refractivity (Wildman–Crippen MR) is 135 cm³/mol. The number of aromatic nitrogens is 4. The van der Waals surface area contributed by atoms with Crippen molar-refractivity contribution in [2.45, 2.75) is 52.1 Å². The summed E-state index contributed by atoms with van der Waals surface area (Å²) in [5.41, 5.74) is 3.42. The van der Waals surface area contributed by atoms with Crippen LogP contribution in [0.25, 0.3) is 16.6 Å². The smallest absolute Gasteiger partial charge is 0.410 e. The average molecular weight is 475 g/mol. The van der Waals surface area contributed by atoms with Crippen LogP contribution in [0.1, 0.15) is 50.8 Å². The summed E-state index contributed by atoms with van der Waals surface area (Å²) in [6, 6.07) is 11.4. The minimum atomic E-state index is -0.526. The number of H-pyrrole nitrogens is 1. The van der Waals surface area contributed by atoms with Gasteiger partial charge in [0.1, 0.15) is 17.1 Å². The Morgan fingerprint density at radius 1 is 1.17 bits per heavy atom. The Balaban J connectivity index is 1.49. The molecule has 0 bridgehead atoms. The van der Waals surface area contributed by atoms with E-state index in [2.05, 4.69) is 15.3 Å². The summed E-state index contributed by atoms with van der Waals surface area (Å²) >= 11 is 0. The predicted octanol–water partition coefficient (Wildman–Crippen LogP) is 4.74. The number of nitrogens with one attached hydrogen (secondary N) is 2. The van der Waals surface area contributed by atoms with Gasteiger partial charge in [0.05, 0.1) is 22.3 Å². The molecule has 1 aromatic carbocycles. The van der Waals surface area contributed by atoms with E-state index in [1.165, 1.54) is 0 Å².